The van der Waals surface area contributed by atoms with Gasteiger partial charge in [0.25, 0.3) is 5.91 Å². The van der Waals surface area contributed by atoms with E-state index in [1.54, 1.807) is 0 Å². The van der Waals surface area contributed by atoms with Gasteiger partial charge in [-0.3, -0.25) is 10.1 Å². The summed E-state index contributed by atoms with van der Waals surface area (Å²) in [4.78, 5) is 15.7. The number of carbonyl (C=O) groups is 1. The number of nitrogens with one attached hydrogen (secondary N) is 1. The van der Waals surface area contributed by atoms with E-state index in [9.17, 15) is 4.79 Å². The van der Waals surface area contributed by atoms with E-state index in [1.165, 1.54) is 25.7 Å². The zero-order chi connectivity index (χ0) is 9.97. The Morgan fingerprint density at radius 1 is 1.21 bits per heavy atom. The van der Waals surface area contributed by atoms with Crippen LogP contribution in [0.3, 0.4) is 0 Å². The monoisotopic (exact) mass is 195 g/mol. The molecule has 1 aliphatic carbocycles. The average Bonchev–Trinajstić information content (AvgIpc) is 2.43. The molecule has 3 N–H and O–H groups in total. The first-order valence-corrected chi connectivity index (χ1v) is 5.41. The number of amides is 1. The average molecular weight is 195 g/mol. The minimum Gasteiger partial charge on any atom is -0.370 e. The Kier molecular flexibility index (Phi) is 2.70. The third-order valence-electron chi connectivity index (χ3n) is 3.14. The zero-order valence-electron chi connectivity index (χ0n) is 8.33. The number of nitrogens with two attached hydrogens (primary N) is 1. The summed E-state index contributed by atoms with van der Waals surface area (Å²) in [5.41, 5.74) is 5.48. The summed E-state index contributed by atoms with van der Waals surface area (Å²) in [5, 5.41) is 2.57. The van der Waals surface area contributed by atoms with Crippen molar-refractivity contribution in [2.24, 2.45) is 16.6 Å². The lowest BCUT2D eigenvalue weighted by molar-refractivity contribution is -0.121. The third kappa shape index (κ3) is 1.89. The molecule has 1 aliphatic heterocycles. The molecule has 0 aromatic heterocycles. The molecule has 1 unspecified atom stereocenters. The molecule has 1 amide bonds. The van der Waals surface area contributed by atoms with Crippen LogP contribution in [0.5, 0.6) is 0 Å². The number of hydrogen-bond donors (Lipinski definition) is 2. The lowest BCUT2D eigenvalue weighted by atomic mass is 9.92. The first-order chi connectivity index (χ1) is 6.77. The fourth-order valence-electron chi connectivity index (χ4n) is 2.39. The topological polar surface area (TPSA) is 67.5 Å². The lowest BCUT2D eigenvalue weighted by Crippen LogP contribution is -2.35. The van der Waals surface area contributed by atoms with Gasteiger partial charge in [-0.25, -0.2) is 4.99 Å². The van der Waals surface area contributed by atoms with Gasteiger partial charge in [0.1, 0.15) is 6.04 Å². The second kappa shape index (κ2) is 3.98. The summed E-state index contributed by atoms with van der Waals surface area (Å²) in [6.45, 7) is 0. The van der Waals surface area contributed by atoms with Crippen LogP contribution in [0, 0.1) is 5.92 Å². The highest BCUT2D eigenvalue weighted by Crippen LogP contribution is 2.28. The fourth-order valence-corrected chi connectivity index (χ4v) is 2.39. The van der Waals surface area contributed by atoms with E-state index >= 15 is 0 Å². The van der Waals surface area contributed by atoms with Crippen LogP contribution in [-0.4, -0.2) is 17.9 Å². The van der Waals surface area contributed by atoms with Gasteiger partial charge in [-0.2, -0.15) is 0 Å². The fraction of sp³-hybridized carbons (Fsp3) is 0.800. The highest BCUT2D eigenvalue weighted by Gasteiger charge is 2.32. The number of carbonyl (C=O) groups excluding carboxylic acids is 1. The molecule has 4 nitrogen and oxygen atoms in total. The number of guanidine groups is 1. The molecule has 0 spiro atoms. The van der Waals surface area contributed by atoms with Crippen molar-refractivity contribution >= 4 is 11.9 Å². The Morgan fingerprint density at radius 2 is 1.86 bits per heavy atom. The maximum absolute atomic E-state index is 11.5. The van der Waals surface area contributed by atoms with Gasteiger partial charge in [-0.15, -0.1) is 0 Å². The van der Waals surface area contributed by atoms with Gasteiger partial charge in [0, 0.05) is 0 Å². The van der Waals surface area contributed by atoms with E-state index in [1.807, 2.05) is 0 Å². The summed E-state index contributed by atoms with van der Waals surface area (Å²) >= 11 is 0. The molecule has 0 radical (unpaired) electrons. The summed E-state index contributed by atoms with van der Waals surface area (Å²) < 4.78 is 0. The van der Waals surface area contributed by atoms with Crippen LogP contribution >= 0.6 is 0 Å². The van der Waals surface area contributed by atoms with Gasteiger partial charge in [0.15, 0.2) is 5.96 Å². The van der Waals surface area contributed by atoms with Gasteiger partial charge >= 0.3 is 0 Å². The molecule has 78 valence electrons. The van der Waals surface area contributed by atoms with Crippen LogP contribution in [0.25, 0.3) is 0 Å². The van der Waals surface area contributed by atoms with Crippen molar-refractivity contribution in [3.63, 3.8) is 0 Å². The van der Waals surface area contributed by atoms with Crippen molar-refractivity contribution < 1.29 is 4.79 Å². The summed E-state index contributed by atoms with van der Waals surface area (Å²) in [6, 6.07) is -0.201. The van der Waals surface area contributed by atoms with Crippen LogP contribution in [0.4, 0.5) is 0 Å². The summed E-state index contributed by atoms with van der Waals surface area (Å²) in [5.74, 6) is 0.706. The molecule has 0 saturated heterocycles. The summed E-state index contributed by atoms with van der Waals surface area (Å²) in [7, 11) is 0. The highest BCUT2D eigenvalue weighted by molar-refractivity contribution is 6.04. The number of rotatable bonds is 1. The maximum Gasteiger partial charge on any atom is 0.251 e. The second-order valence-corrected chi connectivity index (χ2v) is 4.20. The van der Waals surface area contributed by atoms with Crippen LogP contribution < -0.4 is 11.1 Å². The van der Waals surface area contributed by atoms with Gasteiger partial charge in [-0.1, -0.05) is 25.7 Å². The Balaban J connectivity index is 2.02. The molecule has 1 saturated carbocycles. The van der Waals surface area contributed by atoms with E-state index in [4.69, 9.17) is 5.73 Å². The Bertz CT molecular complexity index is 254. The van der Waals surface area contributed by atoms with Crippen molar-refractivity contribution in [2.75, 3.05) is 0 Å². The predicted molar refractivity (Wildman–Crippen MR) is 54.7 cm³/mol. The van der Waals surface area contributed by atoms with Crippen molar-refractivity contribution in [3.05, 3.63) is 0 Å². The normalized spacial score (nSPS) is 29.6. The first-order valence-electron chi connectivity index (χ1n) is 5.41. The quantitative estimate of drug-likeness (QED) is 0.607. The molecule has 0 aromatic rings. The minimum atomic E-state index is -0.201. The van der Waals surface area contributed by atoms with Gasteiger partial charge < -0.3 is 5.73 Å². The van der Waals surface area contributed by atoms with Crippen molar-refractivity contribution in [3.8, 4) is 0 Å². The van der Waals surface area contributed by atoms with Crippen molar-refractivity contribution in [2.45, 2.75) is 44.6 Å². The highest BCUT2D eigenvalue weighted by atomic mass is 16.2. The van der Waals surface area contributed by atoms with E-state index in [2.05, 4.69) is 10.3 Å². The maximum atomic E-state index is 11.5. The molecule has 1 atom stereocenters. The molecule has 1 fully saturated rings. The standard InChI is InChI=1S/C10H17N3O/c11-10-12-8(9(14)13-10)7-5-3-1-2-4-6-7/h7-8H,1-6H2,(H3,11,12,13,14). The Hall–Kier alpha value is -1.06. The second-order valence-electron chi connectivity index (χ2n) is 4.20. The van der Waals surface area contributed by atoms with Gasteiger partial charge in [-0.05, 0) is 18.8 Å². The molecule has 2 rings (SSSR count). The van der Waals surface area contributed by atoms with Crippen LogP contribution in [0.15, 0.2) is 4.99 Å². The number of nitrogens with zero attached hydrogens (tertiary/aromatic N) is 1. The van der Waals surface area contributed by atoms with E-state index in [-0.39, 0.29) is 11.9 Å². The van der Waals surface area contributed by atoms with Crippen molar-refractivity contribution in [1.29, 1.82) is 0 Å². The predicted octanol–water partition coefficient (Wildman–Crippen LogP) is 0.770. The molecule has 1 heterocycles. The first kappa shape index (κ1) is 9.49. The zero-order valence-corrected chi connectivity index (χ0v) is 8.33. The van der Waals surface area contributed by atoms with E-state index in [0.29, 0.717) is 11.9 Å². The molecular formula is C10H17N3O. The molecule has 2 aliphatic rings. The van der Waals surface area contributed by atoms with Gasteiger partial charge in [0.05, 0.1) is 0 Å². The Morgan fingerprint density at radius 3 is 2.36 bits per heavy atom. The largest absolute Gasteiger partial charge is 0.370 e. The molecular weight excluding hydrogens is 178 g/mol. The molecule has 0 bridgehead atoms. The summed E-state index contributed by atoms with van der Waals surface area (Å²) in [6.07, 6.45) is 7.28. The molecule has 4 heteroatoms. The van der Waals surface area contributed by atoms with Gasteiger partial charge in [0.2, 0.25) is 0 Å². The smallest absolute Gasteiger partial charge is 0.251 e. The van der Waals surface area contributed by atoms with Crippen LogP contribution in [-0.2, 0) is 4.79 Å². The van der Waals surface area contributed by atoms with E-state index < -0.39 is 0 Å². The van der Waals surface area contributed by atoms with Crippen LogP contribution in [0.2, 0.25) is 0 Å². The molecule has 0 aromatic carbocycles. The Labute approximate surface area is 84.0 Å². The van der Waals surface area contributed by atoms with Crippen molar-refractivity contribution in [1.82, 2.24) is 5.32 Å². The van der Waals surface area contributed by atoms with Crippen LogP contribution in [0.1, 0.15) is 38.5 Å². The lowest BCUT2D eigenvalue weighted by Gasteiger charge is -2.16. The molecule has 14 heavy (non-hydrogen) atoms. The minimum absolute atomic E-state index is 0.00519. The third-order valence-corrected chi connectivity index (χ3v) is 3.14. The number of aliphatic imine (C=N–C) groups is 1. The number of hydrogen-bond acceptors (Lipinski definition) is 3. The SMILES string of the molecule is NC1=NC(C2CCCCCC2)C(=O)N1. The van der Waals surface area contributed by atoms with E-state index in [0.717, 1.165) is 12.8 Å².